The number of aromatic nitrogens is 1. The van der Waals surface area contributed by atoms with Gasteiger partial charge in [-0.3, -0.25) is 19.0 Å². The van der Waals surface area contributed by atoms with Gasteiger partial charge in [0.25, 0.3) is 0 Å². The molecule has 7 heteroatoms. The first-order chi connectivity index (χ1) is 11.4. The van der Waals surface area contributed by atoms with Crippen molar-refractivity contribution in [1.29, 1.82) is 0 Å². The smallest absolute Gasteiger partial charge is 0.307 e. The molecule has 0 atom stereocenters. The zero-order valence-corrected chi connectivity index (χ0v) is 14.9. The lowest BCUT2D eigenvalue weighted by Gasteiger charge is -2.21. The van der Waals surface area contributed by atoms with Crippen molar-refractivity contribution in [3.63, 3.8) is 0 Å². The number of nitrogens with zero attached hydrogens (tertiary/aromatic N) is 2. The molecule has 1 heterocycles. The van der Waals surface area contributed by atoms with Crippen molar-refractivity contribution in [2.45, 2.75) is 33.9 Å². The Balaban J connectivity index is 2.13. The Labute approximate surface area is 144 Å². The van der Waals surface area contributed by atoms with Crippen molar-refractivity contribution >= 4 is 28.8 Å². The summed E-state index contributed by atoms with van der Waals surface area (Å²) < 4.78 is 1.44. The third-order valence-electron chi connectivity index (χ3n) is 3.76. The van der Waals surface area contributed by atoms with E-state index in [2.05, 4.69) is 5.32 Å². The summed E-state index contributed by atoms with van der Waals surface area (Å²) in [5.74, 6) is -0.281. The Morgan fingerprint density at radius 1 is 1.29 bits per heavy atom. The Morgan fingerprint density at radius 3 is 2.58 bits per heavy atom. The molecule has 1 aromatic carbocycles. The van der Waals surface area contributed by atoms with Crippen LogP contribution < -0.4 is 10.2 Å². The van der Waals surface area contributed by atoms with Crippen molar-refractivity contribution < 1.29 is 9.59 Å². The quantitative estimate of drug-likeness (QED) is 0.871. The highest BCUT2D eigenvalue weighted by Gasteiger charge is 2.13. The van der Waals surface area contributed by atoms with E-state index in [9.17, 15) is 14.4 Å². The topological polar surface area (TPSA) is 71.4 Å². The summed E-state index contributed by atoms with van der Waals surface area (Å²) in [5.41, 5.74) is 2.28. The predicted molar refractivity (Wildman–Crippen MR) is 95.2 cm³/mol. The second-order valence-corrected chi connectivity index (χ2v) is 6.29. The maximum atomic E-state index is 12.3. The van der Waals surface area contributed by atoms with Crippen LogP contribution >= 0.6 is 11.3 Å². The van der Waals surface area contributed by atoms with Gasteiger partial charge < -0.3 is 10.2 Å². The normalized spacial score (nSPS) is 10.5. The van der Waals surface area contributed by atoms with Crippen molar-refractivity contribution in [3.8, 4) is 0 Å². The van der Waals surface area contributed by atoms with E-state index in [-0.39, 0.29) is 23.2 Å². The second kappa shape index (κ2) is 7.92. The van der Waals surface area contributed by atoms with Gasteiger partial charge in [-0.25, -0.2) is 0 Å². The minimum Gasteiger partial charge on any atom is -0.339 e. The van der Waals surface area contributed by atoms with Crippen LogP contribution in [0.4, 0.5) is 5.69 Å². The Hall–Kier alpha value is -2.41. The van der Waals surface area contributed by atoms with Gasteiger partial charge in [-0.05, 0) is 25.5 Å². The van der Waals surface area contributed by atoms with Gasteiger partial charge >= 0.3 is 4.87 Å². The number of rotatable bonds is 6. The maximum Gasteiger partial charge on any atom is 0.307 e. The number of carbonyl (C=O) groups excluding carboxylic acids is 2. The molecule has 0 bridgehead atoms. The zero-order chi connectivity index (χ0) is 17.7. The average molecular weight is 347 g/mol. The van der Waals surface area contributed by atoms with Crippen LogP contribution in [0.15, 0.2) is 34.4 Å². The molecule has 0 spiro atoms. The van der Waals surface area contributed by atoms with Crippen LogP contribution in [-0.4, -0.2) is 27.8 Å². The molecule has 2 rings (SSSR count). The van der Waals surface area contributed by atoms with Gasteiger partial charge in [-0.15, -0.1) is 0 Å². The van der Waals surface area contributed by atoms with Crippen LogP contribution in [-0.2, 0) is 22.7 Å². The molecule has 0 radical (unpaired) electrons. The Kier molecular flexibility index (Phi) is 5.92. The van der Waals surface area contributed by atoms with E-state index < -0.39 is 0 Å². The summed E-state index contributed by atoms with van der Waals surface area (Å²) in [6.07, 6.45) is 0. The summed E-state index contributed by atoms with van der Waals surface area (Å²) in [7, 11) is 0. The number of benzene rings is 1. The molecule has 0 unspecified atom stereocenters. The Bertz CT molecular complexity index is 794. The number of carbonyl (C=O) groups is 2. The van der Waals surface area contributed by atoms with Gasteiger partial charge in [0, 0.05) is 36.8 Å². The number of aryl methyl sites for hydroxylation is 1. The molecule has 0 fully saturated rings. The number of hydrogen-bond acceptors (Lipinski definition) is 4. The largest absolute Gasteiger partial charge is 0.339 e. The number of amides is 2. The third kappa shape index (κ3) is 4.32. The fraction of sp³-hybridized carbons (Fsp3) is 0.353. The monoisotopic (exact) mass is 347 g/mol. The lowest BCUT2D eigenvalue weighted by Crippen LogP contribution is -2.29. The molecule has 2 aromatic rings. The van der Waals surface area contributed by atoms with Gasteiger partial charge in [-0.2, -0.15) is 0 Å². The second-order valence-electron chi connectivity index (χ2n) is 5.47. The fourth-order valence-electron chi connectivity index (χ4n) is 2.36. The molecule has 6 nitrogen and oxygen atoms in total. The van der Waals surface area contributed by atoms with Crippen LogP contribution in [0.5, 0.6) is 0 Å². The van der Waals surface area contributed by atoms with E-state index >= 15 is 0 Å². The van der Waals surface area contributed by atoms with Gasteiger partial charge in [0.05, 0.1) is 0 Å². The van der Waals surface area contributed by atoms with E-state index in [1.165, 1.54) is 11.5 Å². The number of hydrogen-bond donors (Lipinski definition) is 1. The molecule has 1 aromatic heterocycles. The number of thiazole rings is 1. The van der Waals surface area contributed by atoms with Gasteiger partial charge in [0.1, 0.15) is 6.54 Å². The molecular weight excluding hydrogens is 326 g/mol. The first-order valence-corrected chi connectivity index (χ1v) is 8.58. The van der Waals surface area contributed by atoms with E-state index in [0.717, 1.165) is 22.6 Å². The van der Waals surface area contributed by atoms with E-state index in [1.54, 1.807) is 23.3 Å². The standard InChI is InChI=1S/C17H21N3O3S/c1-4-19(13(3)21)9-14-7-5-6-8-15(14)18-16(22)10-20-12(2)11-24-17(20)23/h5-8,11H,4,9-10H2,1-3H3,(H,18,22). The minimum atomic E-state index is -0.267. The number of anilines is 1. The van der Waals surface area contributed by atoms with Gasteiger partial charge in [-0.1, -0.05) is 29.5 Å². The van der Waals surface area contributed by atoms with E-state index in [1.807, 2.05) is 25.1 Å². The number of para-hydroxylation sites is 1. The van der Waals surface area contributed by atoms with Crippen LogP contribution in [0, 0.1) is 6.92 Å². The molecule has 2 amide bonds. The predicted octanol–water partition coefficient (Wildman–Crippen LogP) is 2.23. The summed E-state index contributed by atoms with van der Waals surface area (Å²) in [4.78, 5) is 37.1. The molecule has 0 saturated heterocycles. The maximum absolute atomic E-state index is 12.3. The minimum absolute atomic E-state index is 0.0147. The zero-order valence-electron chi connectivity index (χ0n) is 14.0. The summed E-state index contributed by atoms with van der Waals surface area (Å²) in [6, 6.07) is 7.37. The molecular formula is C17H21N3O3S. The highest BCUT2D eigenvalue weighted by Crippen LogP contribution is 2.17. The lowest BCUT2D eigenvalue weighted by molar-refractivity contribution is -0.129. The Morgan fingerprint density at radius 2 is 2.00 bits per heavy atom. The van der Waals surface area contributed by atoms with Crippen molar-refractivity contribution in [1.82, 2.24) is 9.47 Å². The average Bonchev–Trinajstić information content (AvgIpc) is 2.85. The van der Waals surface area contributed by atoms with Crippen LogP contribution in [0.3, 0.4) is 0 Å². The molecule has 1 N–H and O–H groups in total. The third-order valence-corrected chi connectivity index (χ3v) is 4.64. The van der Waals surface area contributed by atoms with E-state index in [4.69, 9.17) is 0 Å². The van der Waals surface area contributed by atoms with E-state index in [0.29, 0.717) is 18.8 Å². The fourth-order valence-corrected chi connectivity index (χ4v) is 3.10. The molecule has 0 aliphatic heterocycles. The van der Waals surface area contributed by atoms with Crippen LogP contribution in [0.1, 0.15) is 25.1 Å². The summed E-state index contributed by atoms with van der Waals surface area (Å²) in [5, 5.41) is 4.57. The van der Waals surface area contributed by atoms with Crippen molar-refractivity contribution in [2.24, 2.45) is 0 Å². The lowest BCUT2D eigenvalue weighted by atomic mass is 10.1. The summed E-state index contributed by atoms with van der Waals surface area (Å²) >= 11 is 1.08. The number of nitrogens with one attached hydrogen (secondary N) is 1. The highest BCUT2D eigenvalue weighted by molar-refractivity contribution is 7.07. The van der Waals surface area contributed by atoms with Gasteiger partial charge in [0.2, 0.25) is 11.8 Å². The van der Waals surface area contributed by atoms with Crippen LogP contribution in [0.25, 0.3) is 0 Å². The SMILES string of the molecule is CCN(Cc1ccccc1NC(=O)Cn1c(C)csc1=O)C(C)=O. The molecule has 0 aliphatic rings. The first-order valence-electron chi connectivity index (χ1n) is 7.70. The van der Waals surface area contributed by atoms with Gasteiger partial charge in [0.15, 0.2) is 0 Å². The highest BCUT2D eigenvalue weighted by atomic mass is 32.1. The first kappa shape index (κ1) is 17.9. The molecule has 0 aliphatic carbocycles. The van der Waals surface area contributed by atoms with Crippen LogP contribution in [0.2, 0.25) is 0 Å². The van der Waals surface area contributed by atoms with Crippen molar-refractivity contribution in [3.05, 3.63) is 50.6 Å². The van der Waals surface area contributed by atoms with Crippen molar-refractivity contribution in [2.75, 3.05) is 11.9 Å². The summed E-state index contributed by atoms with van der Waals surface area (Å²) in [6.45, 7) is 6.24. The molecule has 128 valence electrons. The molecule has 0 saturated carbocycles. The molecule has 24 heavy (non-hydrogen) atoms.